The molecule has 2 heterocycles. The van der Waals surface area contributed by atoms with E-state index in [0.29, 0.717) is 17.5 Å². The van der Waals surface area contributed by atoms with Crippen LogP contribution in [0, 0.1) is 0 Å². The Morgan fingerprint density at radius 1 is 1.08 bits per heavy atom. The third-order valence-electron chi connectivity index (χ3n) is 4.29. The standard InChI is InChI=1S/C17H17N3O4S/c21-17-18-14-8-7-13(9-15(14)19-17)25(22,23)20-12-6-5-11-3-1-2-4-16(11)24-10-12/h1-4,7-9,12,20H,5-6,10H2,(H2,18,19,21). The number of benzene rings is 2. The van der Waals surface area contributed by atoms with Crippen molar-refractivity contribution < 1.29 is 13.2 Å². The number of H-pyrrole nitrogens is 2. The second kappa shape index (κ2) is 6.05. The zero-order valence-electron chi connectivity index (χ0n) is 13.3. The molecule has 1 aliphatic rings. The molecular formula is C17H17N3O4S. The first-order chi connectivity index (χ1) is 12.0. The first kappa shape index (κ1) is 15.9. The molecule has 8 heteroatoms. The van der Waals surface area contributed by atoms with E-state index in [9.17, 15) is 13.2 Å². The number of hydrogen-bond acceptors (Lipinski definition) is 4. The molecule has 0 spiro atoms. The fourth-order valence-corrected chi connectivity index (χ4v) is 4.29. The maximum atomic E-state index is 12.7. The van der Waals surface area contributed by atoms with Gasteiger partial charge in [0.15, 0.2) is 0 Å². The van der Waals surface area contributed by atoms with Crippen LogP contribution in [0.5, 0.6) is 5.75 Å². The lowest BCUT2D eigenvalue weighted by Gasteiger charge is -2.16. The van der Waals surface area contributed by atoms with Gasteiger partial charge >= 0.3 is 5.69 Å². The number of rotatable bonds is 3. The van der Waals surface area contributed by atoms with E-state index in [0.717, 1.165) is 17.7 Å². The van der Waals surface area contributed by atoms with Gasteiger partial charge in [0, 0.05) is 0 Å². The lowest BCUT2D eigenvalue weighted by Crippen LogP contribution is -2.38. The summed E-state index contributed by atoms with van der Waals surface area (Å²) in [5, 5.41) is 0. The average molecular weight is 359 g/mol. The first-order valence-electron chi connectivity index (χ1n) is 7.96. The normalized spacial score (nSPS) is 17.7. The summed E-state index contributed by atoms with van der Waals surface area (Å²) in [7, 11) is -3.71. The number of ether oxygens (including phenoxy) is 1. The predicted molar refractivity (Wildman–Crippen MR) is 93.3 cm³/mol. The molecule has 0 saturated heterocycles. The van der Waals surface area contributed by atoms with Crippen molar-refractivity contribution in [2.75, 3.05) is 6.61 Å². The van der Waals surface area contributed by atoms with Gasteiger partial charge in [-0.2, -0.15) is 0 Å². The summed E-state index contributed by atoms with van der Waals surface area (Å²) >= 11 is 0. The highest BCUT2D eigenvalue weighted by Gasteiger charge is 2.23. The van der Waals surface area contributed by atoms with Crippen LogP contribution in [0.25, 0.3) is 11.0 Å². The number of hydrogen-bond donors (Lipinski definition) is 3. The molecule has 2 aromatic carbocycles. The quantitative estimate of drug-likeness (QED) is 0.660. The maximum absolute atomic E-state index is 12.7. The van der Waals surface area contributed by atoms with Gasteiger partial charge in [0.05, 0.1) is 22.0 Å². The average Bonchev–Trinajstić information content (AvgIpc) is 2.85. The van der Waals surface area contributed by atoms with Crippen LogP contribution in [0.4, 0.5) is 0 Å². The van der Waals surface area contributed by atoms with E-state index in [-0.39, 0.29) is 23.2 Å². The molecule has 0 amide bonds. The maximum Gasteiger partial charge on any atom is 0.323 e. The summed E-state index contributed by atoms with van der Waals surface area (Å²) in [5.41, 5.74) is 1.73. The Hall–Kier alpha value is -2.58. The van der Waals surface area contributed by atoms with Crippen molar-refractivity contribution in [1.29, 1.82) is 0 Å². The van der Waals surface area contributed by atoms with Gasteiger partial charge in [0.2, 0.25) is 10.0 Å². The van der Waals surface area contributed by atoms with E-state index < -0.39 is 10.0 Å². The molecule has 4 rings (SSSR count). The van der Waals surface area contributed by atoms with Gasteiger partial charge in [-0.25, -0.2) is 17.9 Å². The van der Waals surface area contributed by atoms with Crippen LogP contribution >= 0.6 is 0 Å². The molecule has 0 fully saturated rings. The van der Waals surface area contributed by atoms with Crippen molar-refractivity contribution in [2.45, 2.75) is 23.8 Å². The minimum Gasteiger partial charge on any atom is -0.492 e. The van der Waals surface area contributed by atoms with Crippen LogP contribution in [-0.2, 0) is 16.4 Å². The SMILES string of the molecule is O=c1[nH]c2ccc(S(=O)(=O)NC3CCc4ccccc4OC3)cc2[nH]1. The number of imidazole rings is 1. The number of para-hydroxylation sites is 1. The summed E-state index contributed by atoms with van der Waals surface area (Å²) in [6, 6.07) is 11.9. The molecule has 1 atom stereocenters. The molecule has 1 unspecified atom stereocenters. The molecule has 7 nitrogen and oxygen atoms in total. The molecule has 1 aromatic heterocycles. The summed E-state index contributed by atoms with van der Waals surface area (Å²) in [6.07, 6.45) is 1.40. The number of nitrogens with one attached hydrogen (secondary N) is 3. The lowest BCUT2D eigenvalue weighted by molar-refractivity contribution is 0.284. The van der Waals surface area contributed by atoms with E-state index in [2.05, 4.69) is 14.7 Å². The zero-order chi connectivity index (χ0) is 17.4. The Balaban J connectivity index is 1.55. The Bertz CT molecular complexity index is 1060. The summed E-state index contributed by atoms with van der Waals surface area (Å²) in [5.74, 6) is 0.801. The second-order valence-electron chi connectivity index (χ2n) is 6.06. The van der Waals surface area contributed by atoms with Gasteiger partial charge in [0.1, 0.15) is 12.4 Å². The fraction of sp³-hybridized carbons (Fsp3) is 0.235. The fourth-order valence-electron chi connectivity index (χ4n) is 3.01. The van der Waals surface area contributed by atoms with Crippen molar-refractivity contribution >= 4 is 21.1 Å². The second-order valence-corrected chi connectivity index (χ2v) is 7.78. The van der Waals surface area contributed by atoms with E-state index in [1.165, 1.54) is 12.1 Å². The van der Waals surface area contributed by atoms with Crippen LogP contribution in [0.15, 0.2) is 52.2 Å². The Morgan fingerprint density at radius 3 is 2.76 bits per heavy atom. The molecule has 1 aliphatic heterocycles. The minimum absolute atomic E-state index is 0.108. The highest BCUT2D eigenvalue weighted by atomic mass is 32.2. The van der Waals surface area contributed by atoms with E-state index in [1.54, 1.807) is 6.07 Å². The number of sulfonamides is 1. The summed E-state index contributed by atoms with van der Waals surface area (Å²) in [4.78, 5) is 16.6. The Morgan fingerprint density at radius 2 is 1.88 bits per heavy atom. The van der Waals surface area contributed by atoms with Gasteiger partial charge in [-0.05, 0) is 42.7 Å². The third kappa shape index (κ3) is 3.18. The molecule has 130 valence electrons. The predicted octanol–water partition coefficient (Wildman–Crippen LogP) is 1.53. The molecule has 0 bridgehead atoms. The monoisotopic (exact) mass is 359 g/mol. The van der Waals surface area contributed by atoms with Gasteiger partial charge in [-0.15, -0.1) is 0 Å². The molecule has 0 saturated carbocycles. The van der Waals surface area contributed by atoms with Crippen molar-refractivity contribution in [1.82, 2.24) is 14.7 Å². The number of aromatic nitrogens is 2. The van der Waals surface area contributed by atoms with Gasteiger partial charge in [0.25, 0.3) is 0 Å². The number of aryl methyl sites for hydroxylation is 1. The summed E-state index contributed by atoms with van der Waals surface area (Å²) < 4.78 is 33.8. The Labute approximate surface area is 144 Å². The van der Waals surface area contributed by atoms with Crippen molar-refractivity contribution in [3.8, 4) is 5.75 Å². The minimum atomic E-state index is -3.71. The molecule has 0 radical (unpaired) electrons. The van der Waals surface area contributed by atoms with Crippen molar-refractivity contribution in [2.24, 2.45) is 0 Å². The molecule has 0 aliphatic carbocycles. The van der Waals surface area contributed by atoms with E-state index in [1.807, 2.05) is 24.3 Å². The van der Waals surface area contributed by atoms with Crippen molar-refractivity contribution in [3.05, 3.63) is 58.5 Å². The molecule has 3 N–H and O–H groups in total. The number of aromatic amines is 2. The van der Waals surface area contributed by atoms with Crippen LogP contribution in [-0.4, -0.2) is 31.0 Å². The van der Waals surface area contributed by atoms with Crippen LogP contribution in [0.3, 0.4) is 0 Å². The van der Waals surface area contributed by atoms with Crippen molar-refractivity contribution in [3.63, 3.8) is 0 Å². The van der Waals surface area contributed by atoms with E-state index >= 15 is 0 Å². The smallest absolute Gasteiger partial charge is 0.323 e. The van der Waals surface area contributed by atoms with E-state index in [4.69, 9.17) is 4.74 Å². The van der Waals surface area contributed by atoms with Crippen LogP contribution in [0.1, 0.15) is 12.0 Å². The zero-order valence-corrected chi connectivity index (χ0v) is 14.1. The molecular weight excluding hydrogens is 342 g/mol. The Kier molecular flexibility index (Phi) is 3.85. The lowest BCUT2D eigenvalue weighted by atomic mass is 10.1. The number of fused-ring (bicyclic) bond motifs is 2. The molecule has 25 heavy (non-hydrogen) atoms. The van der Waals surface area contributed by atoms with Gasteiger partial charge < -0.3 is 14.7 Å². The van der Waals surface area contributed by atoms with Gasteiger partial charge in [-0.3, -0.25) is 0 Å². The third-order valence-corrected chi connectivity index (χ3v) is 5.81. The van der Waals surface area contributed by atoms with Crippen LogP contribution in [0.2, 0.25) is 0 Å². The highest BCUT2D eigenvalue weighted by Crippen LogP contribution is 2.24. The first-order valence-corrected chi connectivity index (χ1v) is 9.45. The largest absolute Gasteiger partial charge is 0.492 e. The highest BCUT2D eigenvalue weighted by molar-refractivity contribution is 7.89. The van der Waals surface area contributed by atoms with Crippen LogP contribution < -0.4 is 15.1 Å². The topological polar surface area (TPSA) is 104 Å². The summed E-state index contributed by atoms with van der Waals surface area (Å²) in [6.45, 7) is 0.277. The molecule has 3 aromatic rings. The van der Waals surface area contributed by atoms with Gasteiger partial charge in [-0.1, -0.05) is 18.2 Å².